The number of ether oxygens (including phenoxy) is 2. The van der Waals surface area contributed by atoms with Crippen molar-refractivity contribution in [1.82, 2.24) is 10.3 Å². The Morgan fingerprint density at radius 1 is 1.43 bits per heavy atom. The second kappa shape index (κ2) is 9.48. The summed E-state index contributed by atoms with van der Waals surface area (Å²) in [5.41, 5.74) is 4.42. The van der Waals surface area contributed by atoms with Crippen molar-refractivity contribution in [2.24, 2.45) is 0 Å². The molecule has 145 valence electrons. The van der Waals surface area contributed by atoms with Gasteiger partial charge < -0.3 is 19.7 Å². The minimum absolute atomic E-state index is 0. The molecule has 7 nitrogen and oxygen atoms in total. The van der Waals surface area contributed by atoms with Crippen molar-refractivity contribution in [1.29, 1.82) is 0 Å². The summed E-state index contributed by atoms with van der Waals surface area (Å²) in [6.45, 7) is 5.99. The number of carbonyl (C=O) groups is 2. The maximum Gasteiger partial charge on any atom is 0.406 e. The molecule has 1 N–H and O–H groups in total. The average molecular weight is 457 g/mol. The number of carbonyl (C=O) groups excluding carboxylic acids is 2. The van der Waals surface area contributed by atoms with Crippen LogP contribution in [0.15, 0.2) is 24.4 Å². The Bertz CT molecular complexity index is 870. The first-order valence-corrected chi connectivity index (χ1v) is 8.65. The molecule has 28 heavy (non-hydrogen) atoms. The number of aromatic nitrogens is 1. The third kappa shape index (κ3) is 4.89. The predicted octanol–water partition coefficient (Wildman–Crippen LogP) is 2.63. The van der Waals surface area contributed by atoms with Crippen molar-refractivity contribution in [2.75, 3.05) is 25.1 Å². The van der Waals surface area contributed by atoms with Gasteiger partial charge in [-0.05, 0) is 18.0 Å². The van der Waals surface area contributed by atoms with Crippen LogP contribution in [0.3, 0.4) is 0 Å². The van der Waals surface area contributed by atoms with Gasteiger partial charge in [0.2, 0.25) is 11.8 Å². The number of cyclic esters (lactones) is 1. The van der Waals surface area contributed by atoms with Crippen molar-refractivity contribution in [3.8, 4) is 17.0 Å². The monoisotopic (exact) mass is 457 g/mol. The minimum Gasteiger partial charge on any atom is -0.481 e. The van der Waals surface area contributed by atoms with Gasteiger partial charge in [0.15, 0.2) is 0 Å². The molecule has 1 atom stereocenters. The molecule has 1 aliphatic rings. The molecule has 2 heterocycles. The van der Waals surface area contributed by atoms with E-state index in [0.29, 0.717) is 19.0 Å². The molecule has 8 heteroatoms. The molecular formula is C20H22N3O4Y-. The van der Waals surface area contributed by atoms with Crippen LogP contribution in [0.4, 0.5) is 10.5 Å². The first-order chi connectivity index (χ1) is 12.9. The van der Waals surface area contributed by atoms with Gasteiger partial charge in [0.1, 0.15) is 6.10 Å². The Morgan fingerprint density at radius 3 is 2.79 bits per heavy atom. The molecule has 2 amide bonds. The molecule has 1 aromatic carbocycles. The zero-order valence-electron chi connectivity index (χ0n) is 16.4. The molecule has 0 unspecified atom stereocenters. The molecule has 3 rings (SSSR count). The van der Waals surface area contributed by atoms with Crippen molar-refractivity contribution in [3.05, 3.63) is 41.6 Å². The maximum absolute atomic E-state index is 12.3. The third-order valence-electron chi connectivity index (χ3n) is 4.42. The summed E-state index contributed by atoms with van der Waals surface area (Å²) in [4.78, 5) is 29.2. The molecule has 1 saturated heterocycles. The fourth-order valence-electron chi connectivity index (χ4n) is 3.05. The second-order valence-electron chi connectivity index (χ2n) is 6.48. The van der Waals surface area contributed by atoms with E-state index in [1.54, 1.807) is 24.3 Å². The molecule has 0 saturated carbocycles. The van der Waals surface area contributed by atoms with Crippen LogP contribution in [0.1, 0.15) is 18.1 Å². The van der Waals surface area contributed by atoms with Crippen LogP contribution in [0.5, 0.6) is 5.88 Å². The number of hydrogen-bond donors (Lipinski definition) is 1. The molecule has 0 bridgehead atoms. The molecule has 1 radical (unpaired) electrons. The van der Waals surface area contributed by atoms with E-state index in [2.05, 4.69) is 16.4 Å². The molecule has 2 aromatic rings. The van der Waals surface area contributed by atoms with E-state index in [4.69, 9.17) is 9.47 Å². The van der Waals surface area contributed by atoms with E-state index in [0.717, 1.165) is 27.9 Å². The minimum atomic E-state index is -0.417. The SMILES string of the molecule is COc1ccc(-c2[c-]c(C)c(N3C[C@H](CNC(C)=O)OC3=O)cc2C)cn1.[Y]. The van der Waals surface area contributed by atoms with Gasteiger partial charge in [-0.1, -0.05) is 25.5 Å². The Hall–Kier alpha value is -1.99. The van der Waals surface area contributed by atoms with Crippen LogP contribution in [0, 0.1) is 19.9 Å². The van der Waals surface area contributed by atoms with Gasteiger partial charge in [0.25, 0.3) is 0 Å². The number of anilines is 1. The number of hydrogen-bond acceptors (Lipinski definition) is 5. The zero-order valence-corrected chi connectivity index (χ0v) is 19.2. The van der Waals surface area contributed by atoms with E-state index >= 15 is 0 Å². The first-order valence-electron chi connectivity index (χ1n) is 8.65. The van der Waals surface area contributed by atoms with Gasteiger partial charge in [-0.25, -0.2) is 9.78 Å². The second-order valence-corrected chi connectivity index (χ2v) is 6.48. The Morgan fingerprint density at radius 2 is 2.18 bits per heavy atom. The number of amides is 2. The Kier molecular flexibility index (Phi) is 7.55. The van der Waals surface area contributed by atoms with Gasteiger partial charge in [-0.15, -0.1) is 28.8 Å². The standard InChI is InChI=1S/C20H22N3O4.Y/c1-12-8-18(23-11-16(27-20(23)25)10-21-14(3)24)13(2)7-17(12)15-5-6-19(26-4)22-9-15;/h5-6,8-9,16H,10-11H2,1-4H3,(H,21,24);/q-1;/t16-;/m0./s1. The van der Waals surface area contributed by atoms with Crippen LogP contribution < -0.4 is 15.0 Å². The number of pyridine rings is 1. The van der Waals surface area contributed by atoms with E-state index in [1.165, 1.54) is 6.92 Å². The topological polar surface area (TPSA) is 80.8 Å². The van der Waals surface area contributed by atoms with Crippen LogP contribution in [-0.4, -0.2) is 43.3 Å². The van der Waals surface area contributed by atoms with E-state index in [1.807, 2.05) is 26.0 Å². The van der Waals surface area contributed by atoms with Crippen molar-refractivity contribution >= 4 is 17.7 Å². The predicted molar refractivity (Wildman–Crippen MR) is 101 cm³/mol. The van der Waals surface area contributed by atoms with Crippen LogP contribution in [0.2, 0.25) is 0 Å². The van der Waals surface area contributed by atoms with Crippen molar-refractivity contribution < 1.29 is 51.8 Å². The number of nitrogens with zero attached hydrogens (tertiary/aromatic N) is 2. The quantitative estimate of drug-likeness (QED) is 0.699. The first kappa shape index (κ1) is 22.3. The van der Waals surface area contributed by atoms with Gasteiger partial charge in [-0.2, -0.15) is 0 Å². The molecular weight excluding hydrogens is 435 g/mol. The van der Waals surface area contributed by atoms with E-state index < -0.39 is 6.09 Å². The van der Waals surface area contributed by atoms with Gasteiger partial charge in [0.05, 0.1) is 20.2 Å². The molecule has 0 spiro atoms. The number of benzene rings is 1. The largest absolute Gasteiger partial charge is 0.481 e. The molecule has 0 aliphatic carbocycles. The third-order valence-corrected chi connectivity index (χ3v) is 4.42. The number of aryl methyl sites for hydroxylation is 2. The van der Waals surface area contributed by atoms with Gasteiger partial charge >= 0.3 is 6.09 Å². The summed E-state index contributed by atoms with van der Waals surface area (Å²) in [7, 11) is 1.58. The van der Waals surface area contributed by atoms with Crippen LogP contribution in [0.25, 0.3) is 11.1 Å². The number of nitrogens with one attached hydrogen (secondary N) is 1. The Labute approximate surface area is 189 Å². The number of rotatable bonds is 5. The normalized spacial score (nSPS) is 15.6. The maximum atomic E-state index is 12.3. The molecule has 1 fully saturated rings. The Balaban J connectivity index is 0.00000280. The number of methoxy groups -OCH3 is 1. The summed E-state index contributed by atoms with van der Waals surface area (Å²) < 4.78 is 10.4. The smallest absolute Gasteiger partial charge is 0.406 e. The van der Waals surface area contributed by atoms with Crippen LogP contribution in [-0.2, 0) is 42.2 Å². The molecule has 1 aromatic heterocycles. The zero-order chi connectivity index (χ0) is 19.6. The summed E-state index contributed by atoms with van der Waals surface area (Å²) in [6.07, 6.45) is 0.955. The van der Waals surface area contributed by atoms with Gasteiger partial charge in [-0.3, -0.25) is 4.79 Å². The van der Waals surface area contributed by atoms with Crippen molar-refractivity contribution in [2.45, 2.75) is 26.9 Å². The summed E-state index contributed by atoms with van der Waals surface area (Å²) in [5, 5.41) is 2.68. The summed E-state index contributed by atoms with van der Waals surface area (Å²) in [6, 6.07) is 9.04. The fourth-order valence-corrected chi connectivity index (χ4v) is 3.05. The summed E-state index contributed by atoms with van der Waals surface area (Å²) >= 11 is 0. The van der Waals surface area contributed by atoms with E-state index in [9.17, 15) is 9.59 Å². The van der Waals surface area contributed by atoms with E-state index in [-0.39, 0.29) is 44.7 Å². The van der Waals surface area contributed by atoms with Crippen LogP contribution >= 0.6 is 0 Å². The van der Waals surface area contributed by atoms with Crippen molar-refractivity contribution in [3.63, 3.8) is 0 Å². The average Bonchev–Trinajstić information content (AvgIpc) is 3.02. The van der Waals surface area contributed by atoms with Gasteiger partial charge in [0, 0.05) is 39.6 Å². The fraction of sp³-hybridized carbons (Fsp3) is 0.350. The summed E-state index contributed by atoms with van der Waals surface area (Å²) in [5.74, 6) is 0.400. The molecule has 1 aliphatic heterocycles.